The molecule has 0 atom stereocenters. The molecule has 0 bridgehead atoms. The summed E-state index contributed by atoms with van der Waals surface area (Å²) in [7, 11) is 0. The van der Waals surface area contributed by atoms with Gasteiger partial charge in [-0.25, -0.2) is 4.99 Å². The molecule has 0 saturated heterocycles. The molecule has 2 aromatic rings. The number of rotatable bonds is 1. The second-order valence-electron chi connectivity index (χ2n) is 6.19. The molecule has 0 aliphatic carbocycles. The molecule has 0 saturated carbocycles. The van der Waals surface area contributed by atoms with Gasteiger partial charge < -0.3 is 9.80 Å². The number of thiophene rings is 1. The normalized spacial score (nSPS) is 19.0. The third-order valence-corrected chi connectivity index (χ3v) is 5.91. The van der Waals surface area contributed by atoms with E-state index in [0.717, 1.165) is 49.9 Å². The monoisotopic (exact) mass is 322 g/mol. The molecular weight excluding hydrogens is 304 g/mol. The first kappa shape index (κ1) is 13.3. The van der Waals surface area contributed by atoms with Crippen molar-refractivity contribution in [1.82, 2.24) is 4.90 Å². The summed E-state index contributed by atoms with van der Waals surface area (Å²) in [6.07, 6.45) is 4.18. The van der Waals surface area contributed by atoms with Gasteiger partial charge in [-0.15, -0.1) is 11.3 Å². The van der Waals surface area contributed by atoms with Crippen molar-refractivity contribution in [1.29, 1.82) is 0 Å². The van der Waals surface area contributed by atoms with E-state index in [9.17, 15) is 0 Å². The number of aliphatic imine (C=N–C) groups is 2. The van der Waals surface area contributed by atoms with E-state index in [1.165, 1.54) is 21.7 Å². The van der Waals surface area contributed by atoms with E-state index in [2.05, 4.69) is 40.1 Å². The minimum Gasteiger partial charge on any atom is -0.366 e. The fraction of sp³-hybridized carbons (Fsp3) is 0.333. The molecule has 0 radical (unpaired) electrons. The largest absolute Gasteiger partial charge is 0.366 e. The second kappa shape index (κ2) is 5.20. The lowest BCUT2D eigenvalue weighted by molar-refractivity contribution is 0.558. The average molecular weight is 322 g/mol. The molecular formula is C18H18N4S. The lowest BCUT2D eigenvalue weighted by Crippen LogP contribution is -2.38. The summed E-state index contributed by atoms with van der Waals surface area (Å²) in [6, 6.07) is 10.7. The number of amidine groups is 1. The maximum absolute atomic E-state index is 4.79. The number of benzene rings is 1. The van der Waals surface area contributed by atoms with Gasteiger partial charge in [0, 0.05) is 30.2 Å². The van der Waals surface area contributed by atoms with Crippen LogP contribution in [0.15, 0.2) is 40.3 Å². The minimum absolute atomic E-state index is 0.944. The Labute approximate surface area is 139 Å². The molecule has 1 aromatic carbocycles. The number of hydrogen-bond donors (Lipinski definition) is 0. The molecule has 4 nitrogen and oxygen atoms in total. The highest BCUT2D eigenvalue weighted by molar-refractivity contribution is 7.16. The average Bonchev–Trinajstić information content (AvgIpc) is 3.00. The van der Waals surface area contributed by atoms with E-state index in [4.69, 9.17) is 9.98 Å². The van der Waals surface area contributed by atoms with Crippen molar-refractivity contribution in [2.75, 3.05) is 24.5 Å². The van der Waals surface area contributed by atoms with Crippen LogP contribution in [0.1, 0.15) is 22.4 Å². The Balaban J connectivity index is 1.54. The van der Waals surface area contributed by atoms with Crippen molar-refractivity contribution in [2.24, 2.45) is 9.98 Å². The fourth-order valence-corrected chi connectivity index (χ4v) is 4.85. The highest BCUT2D eigenvalue weighted by Crippen LogP contribution is 2.42. The summed E-state index contributed by atoms with van der Waals surface area (Å²) in [4.78, 5) is 15.6. The van der Waals surface area contributed by atoms with Crippen LogP contribution in [0.5, 0.6) is 0 Å². The summed E-state index contributed by atoms with van der Waals surface area (Å²) in [5.41, 5.74) is 4.12. The molecule has 0 spiro atoms. The van der Waals surface area contributed by atoms with Crippen LogP contribution >= 0.6 is 11.3 Å². The van der Waals surface area contributed by atoms with E-state index in [1.807, 2.05) is 17.7 Å². The number of hydrogen-bond acceptors (Lipinski definition) is 5. The molecule has 0 fully saturated rings. The maximum atomic E-state index is 4.79. The summed E-state index contributed by atoms with van der Waals surface area (Å²) < 4.78 is 0. The third kappa shape index (κ3) is 2.10. The van der Waals surface area contributed by atoms with Gasteiger partial charge in [-0.3, -0.25) is 4.99 Å². The molecule has 0 unspecified atom stereocenters. The van der Waals surface area contributed by atoms with E-state index < -0.39 is 0 Å². The van der Waals surface area contributed by atoms with Gasteiger partial charge in [-0.1, -0.05) is 18.2 Å². The lowest BCUT2D eigenvalue weighted by atomic mass is 10.00. The van der Waals surface area contributed by atoms with Gasteiger partial charge in [-0.05, 0) is 30.5 Å². The topological polar surface area (TPSA) is 31.2 Å². The molecule has 3 aliphatic rings. The van der Waals surface area contributed by atoms with Crippen molar-refractivity contribution < 1.29 is 0 Å². The number of nitrogens with zero attached hydrogens (tertiary/aromatic N) is 4. The first-order valence-electron chi connectivity index (χ1n) is 8.20. The Morgan fingerprint density at radius 3 is 2.91 bits per heavy atom. The molecule has 4 heterocycles. The van der Waals surface area contributed by atoms with E-state index in [1.54, 1.807) is 0 Å². The van der Waals surface area contributed by atoms with Crippen molar-refractivity contribution in [3.8, 4) is 0 Å². The van der Waals surface area contributed by atoms with Gasteiger partial charge in [0.05, 0.1) is 18.4 Å². The summed E-state index contributed by atoms with van der Waals surface area (Å²) in [6.45, 7) is 4.04. The van der Waals surface area contributed by atoms with E-state index in [0.29, 0.717) is 0 Å². The molecule has 3 aliphatic heterocycles. The van der Waals surface area contributed by atoms with Gasteiger partial charge >= 0.3 is 0 Å². The zero-order valence-electron chi connectivity index (χ0n) is 12.9. The Bertz CT molecular complexity index is 806. The van der Waals surface area contributed by atoms with Crippen molar-refractivity contribution in [2.45, 2.75) is 19.4 Å². The van der Waals surface area contributed by atoms with Gasteiger partial charge in [-0.2, -0.15) is 0 Å². The molecule has 0 amide bonds. The smallest absolute Gasteiger partial charge is 0.139 e. The predicted octanol–water partition coefficient (Wildman–Crippen LogP) is 3.44. The quantitative estimate of drug-likeness (QED) is 0.805. The lowest BCUT2D eigenvalue weighted by Gasteiger charge is -2.31. The van der Waals surface area contributed by atoms with Crippen LogP contribution in [0.3, 0.4) is 0 Å². The van der Waals surface area contributed by atoms with Crippen LogP contribution in [-0.2, 0) is 13.0 Å². The van der Waals surface area contributed by atoms with Gasteiger partial charge in [0.2, 0.25) is 0 Å². The van der Waals surface area contributed by atoms with E-state index >= 15 is 0 Å². The Morgan fingerprint density at radius 1 is 1.09 bits per heavy atom. The summed E-state index contributed by atoms with van der Waals surface area (Å²) >= 11 is 1.84. The van der Waals surface area contributed by atoms with E-state index in [-0.39, 0.29) is 0 Å². The first-order chi connectivity index (χ1) is 11.4. The highest BCUT2D eigenvalue weighted by atomic mass is 32.1. The van der Waals surface area contributed by atoms with Crippen LogP contribution in [0, 0.1) is 0 Å². The Morgan fingerprint density at radius 2 is 2.00 bits per heavy atom. The number of fused-ring (bicyclic) bond motifs is 5. The van der Waals surface area contributed by atoms with Crippen LogP contribution in [0.4, 0.5) is 10.7 Å². The molecule has 5 rings (SSSR count). The van der Waals surface area contributed by atoms with Gasteiger partial charge in [0.1, 0.15) is 10.8 Å². The third-order valence-electron chi connectivity index (χ3n) is 4.79. The summed E-state index contributed by atoms with van der Waals surface area (Å²) in [5.74, 6) is 1.16. The zero-order chi connectivity index (χ0) is 15.2. The van der Waals surface area contributed by atoms with Crippen LogP contribution in [0.2, 0.25) is 0 Å². The first-order valence-corrected chi connectivity index (χ1v) is 9.02. The molecule has 5 heteroatoms. The predicted molar refractivity (Wildman–Crippen MR) is 96.4 cm³/mol. The number of anilines is 1. The highest BCUT2D eigenvalue weighted by Gasteiger charge is 2.31. The minimum atomic E-state index is 0.944. The molecule has 0 N–H and O–H groups in total. The van der Waals surface area contributed by atoms with Crippen LogP contribution in [-0.4, -0.2) is 36.7 Å². The zero-order valence-corrected chi connectivity index (χ0v) is 13.7. The van der Waals surface area contributed by atoms with Crippen molar-refractivity contribution in [3.63, 3.8) is 0 Å². The van der Waals surface area contributed by atoms with Crippen molar-refractivity contribution in [3.05, 3.63) is 46.3 Å². The fourth-order valence-electron chi connectivity index (χ4n) is 3.65. The van der Waals surface area contributed by atoms with Crippen molar-refractivity contribution >= 4 is 34.2 Å². The van der Waals surface area contributed by atoms with Gasteiger partial charge in [0.15, 0.2) is 0 Å². The molecule has 1 aromatic heterocycles. The molecule has 116 valence electrons. The SMILES string of the molecule is C1=Nc2sc3c(c2C2=NCCCN12)CCN(c1ccccc1)C3. The second-order valence-corrected chi connectivity index (χ2v) is 7.27. The van der Waals surface area contributed by atoms with Crippen LogP contribution in [0.25, 0.3) is 0 Å². The van der Waals surface area contributed by atoms with Crippen LogP contribution < -0.4 is 4.90 Å². The standard InChI is InChI=1S/C18H18N4S/c1-2-5-13(6-3-1)21-10-7-14-15(11-21)23-18-16(14)17-19-8-4-9-22(17)12-20-18/h1-3,5-6,12H,4,7-11H2. The summed E-state index contributed by atoms with van der Waals surface area (Å²) in [5, 5.41) is 1.15. The van der Waals surface area contributed by atoms with Gasteiger partial charge in [0.25, 0.3) is 0 Å². The maximum Gasteiger partial charge on any atom is 0.139 e. The number of para-hydroxylation sites is 1. The Kier molecular flexibility index (Phi) is 3.01. The molecule has 23 heavy (non-hydrogen) atoms. The Hall–Kier alpha value is -2.14.